The van der Waals surface area contributed by atoms with Crippen molar-refractivity contribution in [3.05, 3.63) is 34.6 Å². The predicted molar refractivity (Wildman–Crippen MR) is 87.8 cm³/mol. The molecule has 0 atom stereocenters. The molecule has 23 heavy (non-hydrogen) atoms. The summed E-state index contributed by atoms with van der Waals surface area (Å²) in [7, 11) is 1.48. The van der Waals surface area contributed by atoms with Crippen molar-refractivity contribution in [1.82, 2.24) is 10.2 Å². The number of rotatable bonds is 5. The number of hydrogen-bond donors (Lipinski definition) is 1. The van der Waals surface area contributed by atoms with Gasteiger partial charge in [-0.05, 0) is 59.0 Å². The average molecular weight is 384 g/mol. The van der Waals surface area contributed by atoms with E-state index in [-0.39, 0.29) is 5.56 Å². The minimum Gasteiger partial charge on any atom is -0.495 e. The van der Waals surface area contributed by atoms with Crippen molar-refractivity contribution in [1.29, 1.82) is 0 Å². The SMILES string of the molecule is COc1c(Br)ccc(F)c1-c1ccc(NCC2CC(F)C2)nn1. The number of nitrogens with zero attached hydrogens (tertiary/aromatic N) is 2. The van der Waals surface area contributed by atoms with Gasteiger partial charge in [0.25, 0.3) is 0 Å². The van der Waals surface area contributed by atoms with Crippen molar-refractivity contribution in [2.75, 3.05) is 19.0 Å². The van der Waals surface area contributed by atoms with Crippen molar-refractivity contribution < 1.29 is 13.5 Å². The minimum atomic E-state index is -0.665. The van der Waals surface area contributed by atoms with Crippen LogP contribution in [0.15, 0.2) is 28.7 Å². The van der Waals surface area contributed by atoms with E-state index in [0.29, 0.717) is 47.0 Å². The molecule has 1 saturated carbocycles. The molecule has 0 aliphatic heterocycles. The number of ether oxygens (including phenoxy) is 1. The lowest BCUT2D eigenvalue weighted by atomic mass is 9.83. The van der Waals surface area contributed by atoms with E-state index < -0.39 is 12.0 Å². The summed E-state index contributed by atoms with van der Waals surface area (Å²) in [5, 5.41) is 11.3. The predicted octanol–water partition coefficient (Wildman–Crippen LogP) is 4.21. The van der Waals surface area contributed by atoms with Crippen LogP contribution in [0, 0.1) is 11.7 Å². The number of benzene rings is 1. The van der Waals surface area contributed by atoms with Crippen LogP contribution in [-0.4, -0.2) is 30.0 Å². The van der Waals surface area contributed by atoms with Gasteiger partial charge in [0.15, 0.2) is 0 Å². The topological polar surface area (TPSA) is 47.0 Å². The highest BCUT2D eigenvalue weighted by Gasteiger charge is 2.28. The normalized spacial score (nSPS) is 20.0. The Morgan fingerprint density at radius 1 is 1.26 bits per heavy atom. The molecule has 1 aromatic heterocycles. The van der Waals surface area contributed by atoms with Crippen LogP contribution >= 0.6 is 15.9 Å². The lowest BCUT2D eigenvalue weighted by Gasteiger charge is -2.29. The standard InChI is InChI=1S/C16H16BrF2N3O/c1-23-16-11(17)2-3-12(19)15(16)13-4-5-14(22-21-13)20-8-9-6-10(18)7-9/h2-5,9-10H,6-8H2,1H3,(H,20,22). The molecule has 0 bridgehead atoms. The molecule has 1 aliphatic rings. The Bertz CT molecular complexity index is 690. The molecule has 0 unspecified atom stereocenters. The van der Waals surface area contributed by atoms with E-state index in [2.05, 4.69) is 31.4 Å². The molecule has 2 aromatic rings. The third-order valence-corrected chi connectivity index (χ3v) is 4.56. The molecule has 0 spiro atoms. The van der Waals surface area contributed by atoms with Crippen LogP contribution in [0.25, 0.3) is 11.3 Å². The Hall–Kier alpha value is -1.76. The first-order chi connectivity index (χ1) is 11.1. The van der Waals surface area contributed by atoms with Crippen LogP contribution in [0.1, 0.15) is 12.8 Å². The third kappa shape index (κ3) is 3.44. The van der Waals surface area contributed by atoms with E-state index >= 15 is 0 Å². The van der Waals surface area contributed by atoms with E-state index in [9.17, 15) is 8.78 Å². The largest absolute Gasteiger partial charge is 0.495 e. The molecule has 0 amide bonds. The van der Waals surface area contributed by atoms with Gasteiger partial charge in [-0.1, -0.05) is 0 Å². The number of aromatic nitrogens is 2. The van der Waals surface area contributed by atoms with E-state index in [1.54, 1.807) is 18.2 Å². The van der Waals surface area contributed by atoms with E-state index in [0.717, 1.165) is 0 Å². The molecule has 1 fully saturated rings. The zero-order valence-electron chi connectivity index (χ0n) is 12.5. The lowest BCUT2D eigenvalue weighted by Crippen LogP contribution is -2.30. The first-order valence-electron chi connectivity index (χ1n) is 7.32. The van der Waals surface area contributed by atoms with E-state index in [1.165, 1.54) is 13.2 Å². The fourth-order valence-corrected chi connectivity index (χ4v) is 3.09. The summed E-state index contributed by atoms with van der Waals surface area (Å²) in [6.45, 7) is 0.670. The number of halogens is 3. The van der Waals surface area contributed by atoms with Gasteiger partial charge >= 0.3 is 0 Å². The lowest BCUT2D eigenvalue weighted by molar-refractivity contribution is 0.140. The van der Waals surface area contributed by atoms with Gasteiger partial charge in [-0.2, -0.15) is 0 Å². The highest BCUT2D eigenvalue weighted by atomic mass is 79.9. The fraction of sp³-hybridized carbons (Fsp3) is 0.375. The highest BCUT2D eigenvalue weighted by molar-refractivity contribution is 9.10. The molecule has 7 heteroatoms. The number of alkyl halides is 1. The van der Waals surface area contributed by atoms with Gasteiger partial charge in [-0.3, -0.25) is 0 Å². The molecule has 1 heterocycles. The van der Waals surface area contributed by atoms with E-state index in [4.69, 9.17) is 4.74 Å². The van der Waals surface area contributed by atoms with Crippen molar-refractivity contribution in [2.24, 2.45) is 5.92 Å². The molecule has 0 radical (unpaired) electrons. The summed E-state index contributed by atoms with van der Waals surface area (Å²) in [6.07, 6.45) is 0.528. The molecule has 3 rings (SSSR count). The van der Waals surface area contributed by atoms with Gasteiger partial charge < -0.3 is 10.1 Å². The van der Waals surface area contributed by atoms with Gasteiger partial charge in [0.1, 0.15) is 23.6 Å². The number of anilines is 1. The van der Waals surface area contributed by atoms with Crippen molar-refractivity contribution in [3.8, 4) is 17.0 Å². The summed E-state index contributed by atoms with van der Waals surface area (Å²) in [5.41, 5.74) is 0.652. The summed E-state index contributed by atoms with van der Waals surface area (Å²) < 4.78 is 32.8. The molecule has 1 aliphatic carbocycles. The summed E-state index contributed by atoms with van der Waals surface area (Å²) in [4.78, 5) is 0. The van der Waals surface area contributed by atoms with Crippen molar-refractivity contribution in [3.63, 3.8) is 0 Å². The molecule has 0 saturated heterocycles. The zero-order valence-corrected chi connectivity index (χ0v) is 14.1. The summed E-state index contributed by atoms with van der Waals surface area (Å²) in [6, 6.07) is 6.34. The Balaban J connectivity index is 1.76. The van der Waals surface area contributed by atoms with Gasteiger partial charge in [0.05, 0.1) is 22.8 Å². The Kier molecular flexibility index (Phi) is 4.75. The number of nitrogens with one attached hydrogen (secondary N) is 1. The van der Waals surface area contributed by atoms with Gasteiger partial charge in [0, 0.05) is 6.54 Å². The van der Waals surface area contributed by atoms with Crippen LogP contribution in [-0.2, 0) is 0 Å². The molecule has 1 aromatic carbocycles. The molecule has 122 valence electrons. The first-order valence-corrected chi connectivity index (χ1v) is 8.11. The summed E-state index contributed by atoms with van der Waals surface area (Å²) >= 11 is 3.33. The quantitative estimate of drug-likeness (QED) is 0.839. The van der Waals surface area contributed by atoms with Crippen LogP contribution in [0.3, 0.4) is 0 Å². The van der Waals surface area contributed by atoms with Crippen LogP contribution in [0.5, 0.6) is 5.75 Å². The second-order valence-electron chi connectivity index (χ2n) is 5.56. The molecular weight excluding hydrogens is 368 g/mol. The van der Waals surface area contributed by atoms with Crippen LogP contribution in [0.4, 0.5) is 14.6 Å². The second-order valence-corrected chi connectivity index (χ2v) is 6.41. The van der Waals surface area contributed by atoms with Crippen LogP contribution in [0.2, 0.25) is 0 Å². The number of hydrogen-bond acceptors (Lipinski definition) is 4. The van der Waals surface area contributed by atoms with Crippen molar-refractivity contribution >= 4 is 21.7 Å². The monoisotopic (exact) mass is 383 g/mol. The minimum absolute atomic E-state index is 0.264. The second kappa shape index (κ2) is 6.78. The summed E-state index contributed by atoms with van der Waals surface area (Å²) in [5.74, 6) is 0.881. The maximum absolute atomic E-state index is 14.1. The molecule has 1 N–H and O–H groups in total. The number of methoxy groups -OCH3 is 1. The maximum atomic E-state index is 14.1. The maximum Gasteiger partial charge on any atom is 0.148 e. The Morgan fingerprint density at radius 2 is 2.04 bits per heavy atom. The average Bonchev–Trinajstić information content (AvgIpc) is 2.53. The van der Waals surface area contributed by atoms with Gasteiger partial charge in [-0.25, -0.2) is 8.78 Å². The van der Waals surface area contributed by atoms with Gasteiger partial charge in [-0.15, -0.1) is 10.2 Å². The smallest absolute Gasteiger partial charge is 0.148 e. The zero-order chi connectivity index (χ0) is 16.4. The molecule has 4 nitrogen and oxygen atoms in total. The molecular formula is C16H16BrF2N3O. The van der Waals surface area contributed by atoms with Crippen molar-refractivity contribution in [2.45, 2.75) is 19.0 Å². The Labute approximate surface area is 141 Å². The first kappa shape index (κ1) is 16.1. The van der Waals surface area contributed by atoms with Crippen LogP contribution < -0.4 is 10.1 Å². The Morgan fingerprint density at radius 3 is 2.65 bits per heavy atom. The van der Waals surface area contributed by atoms with Gasteiger partial charge in [0.2, 0.25) is 0 Å². The van der Waals surface area contributed by atoms with E-state index in [1.807, 2.05) is 0 Å². The third-order valence-electron chi connectivity index (χ3n) is 3.93. The highest BCUT2D eigenvalue weighted by Crippen LogP contribution is 2.37. The fourth-order valence-electron chi connectivity index (χ4n) is 2.60.